The van der Waals surface area contributed by atoms with E-state index in [0.717, 1.165) is 44.1 Å². The van der Waals surface area contributed by atoms with Crippen molar-refractivity contribution in [2.75, 3.05) is 33.9 Å². The molecule has 1 heterocycles. The maximum Gasteiger partial charge on any atom is 0.407 e. The van der Waals surface area contributed by atoms with Crippen molar-refractivity contribution in [1.29, 1.82) is 0 Å². The van der Waals surface area contributed by atoms with Gasteiger partial charge in [-0.25, -0.2) is 14.6 Å². The van der Waals surface area contributed by atoms with E-state index in [2.05, 4.69) is 26.7 Å². The number of carbonyl (C=O) groups is 5. The Morgan fingerprint density at radius 2 is 1.40 bits per heavy atom. The molecule has 2 fully saturated rings. The van der Waals surface area contributed by atoms with Crippen LogP contribution in [0.25, 0.3) is 0 Å². The molecule has 1 aromatic rings. The van der Waals surface area contributed by atoms with Gasteiger partial charge in [-0.05, 0) is 62.0 Å². The highest BCUT2D eigenvalue weighted by molar-refractivity contribution is 5.86. The number of hydrogen-bond donors (Lipinski definition) is 5. The van der Waals surface area contributed by atoms with Gasteiger partial charge in [0.1, 0.15) is 24.2 Å². The van der Waals surface area contributed by atoms with Crippen LogP contribution in [0.1, 0.15) is 78.2 Å². The maximum atomic E-state index is 13.9. The van der Waals surface area contributed by atoms with Crippen LogP contribution in [0.4, 0.5) is 9.59 Å². The first kappa shape index (κ1) is 40.5. The normalized spacial score (nSPS) is 18.9. The lowest BCUT2D eigenvalue weighted by Gasteiger charge is -2.37. The molecule has 0 bridgehead atoms. The molecule has 14 nitrogen and oxygen atoms in total. The lowest BCUT2D eigenvalue weighted by Crippen LogP contribution is -2.61. The fourth-order valence-electron chi connectivity index (χ4n) is 6.51. The van der Waals surface area contributed by atoms with Gasteiger partial charge in [-0.1, -0.05) is 77.3 Å². The Bertz CT molecular complexity index is 1240. The average molecular weight is 703 g/mol. The number of methoxy groups -OCH3 is 2. The molecule has 0 spiro atoms. The summed E-state index contributed by atoms with van der Waals surface area (Å²) in [5.41, 5.74) is 3.92. The molecule has 5 unspecified atom stereocenters. The van der Waals surface area contributed by atoms with Crippen molar-refractivity contribution in [2.24, 2.45) is 17.8 Å². The van der Waals surface area contributed by atoms with Gasteiger partial charge in [0.2, 0.25) is 5.91 Å². The Hall–Kier alpha value is -3.91. The minimum atomic E-state index is -0.928. The summed E-state index contributed by atoms with van der Waals surface area (Å²) < 4.78 is 15.8. The van der Waals surface area contributed by atoms with E-state index < -0.39 is 60.2 Å². The van der Waals surface area contributed by atoms with Gasteiger partial charge < -0.3 is 35.5 Å². The predicted molar refractivity (Wildman–Crippen MR) is 188 cm³/mol. The van der Waals surface area contributed by atoms with E-state index in [-0.39, 0.29) is 24.3 Å². The van der Waals surface area contributed by atoms with E-state index in [1.165, 1.54) is 14.2 Å². The summed E-state index contributed by atoms with van der Waals surface area (Å²) in [7, 11) is 2.47. The van der Waals surface area contributed by atoms with Crippen LogP contribution in [0, 0.1) is 17.8 Å². The van der Waals surface area contributed by atoms with Crippen molar-refractivity contribution in [3.63, 3.8) is 0 Å². The van der Waals surface area contributed by atoms with Crippen molar-refractivity contribution in [2.45, 2.75) is 109 Å². The zero-order valence-electron chi connectivity index (χ0n) is 30.5. The van der Waals surface area contributed by atoms with E-state index in [9.17, 15) is 24.0 Å². The zero-order valence-corrected chi connectivity index (χ0v) is 30.5. The Balaban J connectivity index is 2.01. The molecule has 3 rings (SSSR count). The minimum absolute atomic E-state index is 0.0539. The highest BCUT2D eigenvalue weighted by atomic mass is 16.6. The number of benzene rings is 1. The second-order valence-corrected chi connectivity index (χ2v) is 14.0. The molecule has 5 atom stereocenters. The second kappa shape index (κ2) is 20.7. The molecule has 0 aromatic heterocycles. The van der Waals surface area contributed by atoms with E-state index in [1.54, 1.807) is 5.01 Å². The van der Waals surface area contributed by atoms with Crippen molar-refractivity contribution < 1.29 is 38.2 Å². The van der Waals surface area contributed by atoms with E-state index in [4.69, 9.17) is 14.2 Å². The lowest BCUT2D eigenvalue weighted by molar-refractivity contribution is -0.156. The average Bonchev–Trinajstić information content (AvgIpc) is 3.65. The van der Waals surface area contributed by atoms with Crippen LogP contribution in [0.15, 0.2) is 30.3 Å². The fourth-order valence-corrected chi connectivity index (χ4v) is 6.51. The topological polar surface area (TPSA) is 176 Å². The monoisotopic (exact) mass is 702 g/mol. The van der Waals surface area contributed by atoms with Crippen LogP contribution in [-0.4, -0.2) is 99.1 Å². The van der Waals surface area contributed by atoms with E-state index in [1.807, 2.05) is 58.0 Å². The molecule has 1 aliphatic carbocycles. The van der Waals surface area contributed by atoms with Crippen molar-refractivity contribution in [3.8, 4) is 0 Å². The third-order valence-electron chi connectivity index (χ3n) is 9.37. The molecule has 5 N–H and O–H groups in total. The Labute approximate surface area is 296 Å². The van der Waals surface area contributed by atoms with Gasteiger partial charge >= 0.3 is 18.2 Å². The molecular weight excluding hydrogens is 644 g/mol. The summed E-state index contributed by atoms with van der Waals surface area (Å²) >= 11 is 0. The molecule has 280 valence electrons. The number of hydrogen-bond acceptors (Lipinski definition) is 10. The molecule has 14 heteroatoms. The van der Waals surface area contributed by atoms with Gasteiger partial charge in [-0.3, -0.25) is 19.8 Å². The standard InChI is InChI=1S/C36H58N6O8/c1-23(2)30(39-35(46)48-5)32(43)38-28(20-25-14-9-7-10-15-25)29(50-34(45)27-18-13-19-37-27)22-42(21-26-16-11-8-12-17-26)41-33(44)31(24(3)4)40-36(47)49-6/h7,9-10,14-15,23-24,26-31,37H,8,11-13,16-22H2,1-6H3,(H,38,43)(H,39,46)(H,40,47)(H,41,44). The summed E-state index contributed by atoms with van der Waals surface area (Å²) in [6.07, 6.45) is 4.64. The van der Waals surface area contributed by atoms with E-state index in [0.29, 0.717) is 25.9 Å². The van der Waals surface area contributed by atoms with Gasteiger partial charge in [0.25, 0.3) is 5.91 Å². The zero-order chi connectivity index (χ0) is 36.6. The largest absolute Gasteiger partial charge is 0.458 e. The fraction of sp³-hybridized carbons (Fsp3) is 0.694. The molecule has 2 aliphatic rings. The summed E-state index contributed by atoms with van der Waals surface area (Å²) in [6.45, 7) is 8.49. The number of esters is 1. The van der Waals surface area contributed by atoms with Gasteiger partial charge in [0, 0.05) is 6.54 Å². The highest BCUT2D eigenvalue weighted by Gasteiger charge is 2.37. The smallest absolute Gasteiger partial charge is 0.407 e. The number of alkyl carbamates (subject to hydrolysis) is 2. The molecular formula is C36H58N6O8. The summed E-state index contributed by atoms with van der Waals surface area (Å²) in [4.78, 5) is 65.6. The van der Waals surface area contributed by atoms with Crippen LogP contribution in [0.3, 0.4) is 0 Å². The summed E-state index contributed by atoms with van der Waals surface area (Å²) in [6, 6.07) is 6.46. The molecule has 1 aliphatic heterocycles. The van der Waals surface area contributed by atoms with Crippen molar-refractivity contribution in [3.05, 3.63) is 35.9 Å². The second-order valence-electron chi connectivity index (χ2n) is 14.0. The Morgan fingerprint density at radius 3 is 1.94 bits per heavy atom. The van der Waals surface area contributed by atoms with Crippen molar-refractivity contribution in [1.82, 2.24) is 31.7 Å². The number of nitrogens with zero attached hydrogens (tertiary/aromatic N) is 1. The number of carbonyl (C=O) groups excluding carboxylic acids is 5. The molecule has 4 amide bonds. The first-order chi connectivity index (χ1) is 23.9. The Kier molecular flexibility index (Phi) is 16.8. The van der Waals surface area contributed by atoms with Gasteiger partial charge in [0.15, 0.2) is 0 Å². The number of rotatable bonds is 17. The van der Waals surface area contributed by atoms with Crippen LogP contribution in [0.5, 0.6) is 0 Å². The number of hydrazine groups is 1. The van der Waals surface area contributed by atoms with E-state index >= 15 is 0 Å². The first-order valence-corrected chi connectivity index (χ1v) is 17.9. The lowest BCUT2D eigenvalue weighted by atomic mass is 9.89. The Morgan fingerprint density at radius 1 is 0.800 bits per heavy atom. The molecule has 50 heavy (non-hydrogen) atoms. The predicted octanol–water partition coefficient (Wildman–Crippen LogP) is 3.05. The summed E-state index contributed by atoms with van der Waals surface area (Å²) in [5.74, 6) is -1.60. The molecule has 1 saturated heterocycles. The molecule has 0 radical (unpaired) electrons. The number of nitrogens with one attached hydrogen (secondary N) is 5. The van der Waals surface area contributed by atoms with Crippen LogP contribution in [-0.2, 0) is 35.0 Å². The third-order valence-corrected chi connectivity index (χ3v) is 9.37. The van der Waals surface area contributed by atoms with Crippen molar-refractivity contribution >= 4 is 30.0 Å². The number of amides is 4. The van der Waals surface area contributed by atoms with Gasteiger partial charge in [-0.2, -0.15) is 0 Å². The van der Waals surface area contributed by atoms with Gasteiger partial charge in [0.05, 0.1) is 26.8 Å². The number of ether oxygens (including phenoxy) is 3. The molecule has 1 aromatic carbocycles. The minimum Gasteiger partial charge on any atom is -0.458 e. The van der Waals surface area contributed by atoms with Crippen LogP contribution < -0.4 is 26.7 Å². The van der Waals surface area contributed by atoms with Gasteiger partial charge in [-0.15, -0.1) is 0 Å². The highest BCUT2D eigenvalue weighted by Crippen LogP contribution is 2.25. The molecule has 1 saturated carbocycles. The quantitative estimate of drug-likeness (QED) is 0.0922. The van der Waals surface area contributed by atoms with Crippen LogP contribution in [0.2, 0.25) is 0 Å². The maximum absolute atomic E-state index is 13.9. The SMILES string of the molecule is COC(=O)NC(C(=O)NC(Cc1ccccc1)C(CN(CC1CCCCC1)NC(=O)C(NC(=O)OC)C(C)C)OC(=O)C1CCCN1)C(C)C. The van der Waals surface area contributed by atoms with Crippen LogP contribution >= 0.6 is 0 Å². The first-order valence-electron chi connectivity index (χ1n) is 17.9. The third kappa shape index (κ3) is 13.1. The summed E-state index contributed by atoms with van der Waals surface area (Å²) in [5, 5.41) is 13.3.